The fourth-order valence-corrected chi connectivity index (χ4v) is 1.89. The van der Waals surface area contributed by atoms with E-state index in [0.717, 1.165) is 30.8 Å². The van der Waals surface area contributed by atoms with Gasteiger partial charge in [-0.2, -0.15) is 0 Å². The van der Waals surface area contributed by atoms with Crippen LogP contribution in [-0.2, 0) is 6.42 Å². The lowest BCUT2D eigenvalue weighted by Gasteiger charge is -2.05. The van der Waals surface area contributed by atoms with Crippen molar-refractivity contribution < 1.29 is 9.53 Å². The number of nitrogens with zero attached hydrogens (tertiary/aromatic N) is 1. The molecule has 2 aromatic rings. The lowest BCUT2D eigenvalue weighted by molar-refractivity contribution is 0.0978. The molecule has 3 nitrogen and oxygen atoms in total. The Bertz CT molecular complexity index is 535. The predicted molar refractivity (Wildman–Crippen MR) is 79.1 cm³/mol. The van der Waals surface area contributed by atoms with E-state index in [9.17, 15) is 4.79 Å². The van der Waals surface area contributed by atoms with E-state index in [1.165, 1.54) is 0 Å². The minimum Gasteiger partial charge on any atom is -0.494 e. The second-order valence-electron chi connectivity index (χ2n) is 4.63. The molecule has 0 aliphatic heterocycles. The highest BCUT2D eigenvalue weighted by atomic mass is 16.5. The van der Waals surface area contributed by atoms with Crippen LogP contribution < -0.4 is 4.74 Å². The van der Waals surface area contributed by atoms with Crippen molar-refractivity contribution in [3.63, 3.8) is 0 Å². The summed E-state index contributed by atoms with van der Waals surface area (Å²) in [4.78, 5) is 16.0. The monoisotopic (exact) mass is 269 g/mol. The van der Waals surface area contributed by atoms with E-state index in [0.29, 0.717) is 12.1 Å². The molecule has 0 aliphatic rings. The van der Waals surface area contributed by atoms with Crippen molar-refractivity contribution in [2.45, 2.75) is 26.2 Å². The maximum atomic E-state index is 11.9. The lowest BCUT2D eigenvalue weighted by atomic mass is 10.1. The molecule has 0 aliphatic carbocycles. The van der Waals surface area contributed by atoms with Crippen molar-refractivity contribution in [1.29, 1.82) is 0 Å². The Kier molecular flexibility index (Phi) is 5.30. The molecule has 0 unspecified atom stereocenters. The lowest BCUT2D eigenvalue weighted by Crippen LogP contribution is -2.03. The molecule has 2 rings (SSSR count). The van der Waals surface area contributed by atoms with Crippen LogP contribution in [0.3, 0.4) is 0 Å². The molecule has 20 heavy (non-hydrogen) atoms. The second kappa shape index (κ2) is 7.43. The number of aryl methyl sites for hydroxylation is 1. The molecular weight excluding hydrogens is 250 g/mol. The zero-order valence-corrected chi connectivity index (χ0v) is 11.7. The first kappa shape index (κ1) is 14.3. The zero-order chi connectivity index (χ0) is 14.2. The molecule has 1 aromatic heterocycles. The van der Waals surface area contributed by atoms with Crippen molar-refractivity contribution in [1.82, 2.24) is 4.98 Å². The Morgan fingerprint density at radius 1 is 1.15 bits per heavy atom. The average Bonchev–Trinajstić information content (AvgIpc) is 2.52. The third-order valence-corrected chi connectivity index (χ3v) is 2.99. The number of carbonyl (C=O) groups is 1. The molecule has 0 saturated carbocycles. The third-order valence-electron chi connectivity index (χ3n) is 2.99. The first-order valence-corrected chi connectivity index (χ1v) is 6.95. The molecule has 0 fully saturated rings. The SMILES string of the molecule is CCCOc1ccc(CCC(=O)c2ccccn2)cc1. The topological polar surface area (TPSA) is 39.2 Å². The summed E-state index contributed by atoms with van der Waals surface area (Å²) in [6.07, 6.45) is 3.85. The summed E-state index contributed by atoms with van der Waals surface area (Å²) in [6, 6.07) is 13.3. The maximum Gasteiger partial charge on any atom is 0.181 e. The van der Waals surface area contributed by atoms with Gasteiger partial charge in [0.1, 0.15) is 11.4 Å². The second-order valence-corrected chi connectivity index (χ2v) is 4.63. The average molecular weight is 269 g/mol. The predicted octanol–water partition coefficient (Wildman–Crippen LogP) is 3.69. The summed E-state index contributed by atoms with van der Waals surface area (Å²) in [5, 5.41) is 0. The molecule has 0 atom stereocenters. The van der Waals surface area contributed by atoms with Crippen LogP contribution in [0.5, 0.6) is 5.75 Å². The quantitative estimate of drug-likeness (QED) is 0.720. The van der Waals surface area contributed by atoms with E-state index in [4.69, 9.17) is 4.74 Å². The molecule has 0 radical (unpaired) electrons. The first-order valence-electron chi connectivity index (χ1n) is 6.95. The molecule has 3 heteroatoms. The van der Waals surface area contributed by atoms with Gasteiger partial charge in [0.05, 0.1) is 6.61 Å². The molecule has 0 saturated heterocycles. The van der Waals surface area contributed by atoms with Crippen LogP contribution in [0.1, 0.15) is 35.8 Å². The highest BCUT2D eigenvalue weighted by Crippen LogP contribution is 2.14. The highest BCUT2D eigenvalue weighted by Gasteiger charge is 2.06. The van der Waals surface area contributed by atoms with Gasteiger partial charge in [-0.25, -0.2) is 0 Å². The van der Waals surface area contributed by atoms with Crippen molar-refractivity contribution in [3.8, 4) is 5.75 Å². The molecule has 0 N–H and O–H groups in total. The Morgan fingerprint density at radius 3 is 2.60 bits per heavy atom. The van der Waals surface area contributed by atoms with Gasteiger partial charge in [0.25, 0.3) is 0 Å². The van der Waals surface area contributed by atoms with Gasteiger partial charge in [0, 0.05) is 12.6 Å². The minimum atomic E-state index is 0.0805. The highest BCUT2D eigenvalue weighted by molar-refractivity contribution is 5.94. The number of pyridine rings is 1. The summed E-state index contributed by atoms with van der Waals surface area (Å²) in [6.45, 7) is 2.81. The summed E-state index contributed by atoms with van der Waals surface area (Å²) >= 11 is 0. The molecule has 0 amide bonds. The van der Waals surface area contributed by atoms with E-state index >= 15 is 0 Å². The van der Waals surface area contributed by atoms with E-state index in [1.54, 1.807) is 12.3 Å². The minimum absolute atomic E-state index is 0.0805. The normalized spacial score (nSPS) is 10.2. The van der Waals surface area contributed by atoms with E-state index in [-0.39, 0.29) is 5.78 Å². The number of ether oxygens (including phenoxy) is 1. The number of rotatable bonds is 7. The van der Waals surface area contributed by atoms with E-state index in [2.05, 4.69) is 11.9 Å². The van der Waals surface area contributed by atoms with Crippen LogP contribution in [0.2, 0.25) is 0 Å². The smallest absolute Gasteiger partial charge is 0.181 e. The molecule has 1 heterocycles. The molecule has 0 bridgehead atoms. The van der Waals surface area contributed by atoms with Crippen LogP contribution >= 0.6 is 0 Å². The van der Waals surface area contributed by atoms with Crippen molar-refractivity contribution in [3.05, 3.63) is 59.9 Å². The molecule has 0 spiro atoms. The van der Waals surface area contributed by atoms with Crippen molar-refractivity contribution >= 4 is 5.78 Å². The van der Waals surface area contributed by atoms with Crippen molar-refractivity contribution in [2.24, 2.45) is 0 Å². The van der Waals surface area contributed by atoms with E-state index < -0.39 is 0 Å². The zero-order valence-electron chi connectivity index (χ0n) is 11.7. The Balaban J connectivity index is 1.86. The number of benzene rings is 1. The standard InChI is InChI=1S/C17H19NO2/c1-2-13-20-15-9-6-14(7-10-15)8-11-17(19)16-5-3-4-12-18-16/h3-7,9-10,12H,2,8,11,13H2,1H3. The van der Waals surface area contributed by atoms with Gasteiger partial charge < -0.3 is 4.74 Å². The van der Waals surface area contributed by atoms with Gasteiger partial charge in [0.2, 0.25) is 0 Å². The number of ketones is 1. The third kappa shape index (κ3) is 4.19. The number of hydrogen-bond donors (Lipinski definition) is 0. The van der Waals surface area contributed by atoms with Crippen LogP contribution in [-0.4, -0.2) is 17.4 Å². The molecule has 1 aromatic carbocycles. The van der Waals surface area contributed by atoms with Gasteiger partial charge in [-0.3, -0.25) is 9.78 Å². The Labute approximate surface area is 119 Å². The summed E-state index contributed by atoms with van der Waals surface area (Å²) in [7, 11) is 0. The summed E-state index contributed by atoms with van der Waals surface area (Å²) in [5.74, 6) is 0.962. The van der Waals surface area contributed by atoms with Crippen LogP contribution in [0, 0.1) is 0 Å². The van der Waals surface area contributed by atoms with Crippen LogP contribution in [0.15, 0.2) is 48.7 Å². The molecule has 104 valence electrons. The maximum absolute atomic E-state index is 11.9. The summed E-state index contributed by atoms with van der Waals surface area (Å²) < 4.78 is 5.53. The Hall–Kier alpha value is -2.16. The fourth-order valence-electron chi connectivity index (χ4n) is 1.89. The number of Topliss-reactive ketones (excluding diaryl/α,β-unsaturated/α-hetero) is 1. The van der Waals surface area contributed by atoms with Gasteiger partial charge in [0.15, 0.2) is 5.78 Å². The van der Waals surface area contributed by atoms with Gasteiger partial charge in [-0.1, -0.05) is 25.1 Å². The van der Waals surface area contributed by atoms with Gasteiger partial charge in [-0.15, -0.1) is 0 Å². The summed E-state index contributed by atoms with van der Waals surface area (Å²) in [5.41, 5.74) is 1.67. The first-order chi connectivity index (χ1) is 9.79. The largest absolute Gasteiger partial charge is 0.494 e. The number of hydrogen-bond acceptors (Lipinski definition) is 3. The number of aromatic nitrogens is 1. The molecular formula is C17H19NO2. The van der Waals surface area contributed by atoms with E-state index in [1.807, 2.05) is 36.4 Å². The van der Waals surface area contributed by atoms with Crippen LogP contribution in [0.4, 0.5) is 0 Å². The van der Waals surface area contributed by atoms with Gasteiger partial charge in [-0.05, 0) is 42.7 Å². The fraction of sp³-hybridized carbons (Fsp3) is 0.294. The Morgan fingerprint density at radius 2 is 1.95 bits per heavy atom. The number of carbonyl (C=O) groups excluding carboxylic acids is 1. The van der Waals surface area contributed by atoms with Crippen molar-refractivity contribution in [2.75, 3.05) is 6.61 Å². The van der Waals surface area contributed by atoms with Gasteiger partial charge >= 0.3 is 0 Å². The van der Waals surface area contributed by atoms with Crippen LogP contribution in [0.25, 0.3) is 0 Å².